The molecule has 4 rings (SSSR count). The molecule has 0 spiro atoms. The van der Waals surface area contributed by atoms with Crippen LogP contribution in [0.3, 0.4) is 0 Å². The molecule has 0 unspecified atom stereocenters. The molecule has 13 heteroatoms. The Balaban J connectivity index is 0.00000441. The Morgan fingerprint density at radius 3 is 2.45 bits per heavy atom. The summed E-state index contributed by atoms with van der Waals surface area (Å²) < 4.78 is 39.0. The fraction of sp³-hybridized carbons (Fsp3) is 0.148. The monoisotopic (exact) mass is 609 g/mol. The summed E-state index contributed by atoms with van der Waals surface area (Å²) in [5.74, 6) is -0.931. The summed E-state index contributed by atoms with van der Waals surface area (Å²) >= 11 is 12.2. The van der Waals surface area contributed by atoms with E-state index in [1.54, 1.807) is 43.3 Å². The summed E-state index contributed by atoms with van der Waals surface area (Å²) in [7, 11) is -4.65. The number of nitrogens with zero attached hydrogens (tertiary/aromatic N) is 2. The van der Waals surface area contributed by atoms with Crippen molar-refractivity contribution in [3.8, 4) is 11.5 Å². The van der Waals surface area contributed by atoms with Gasteiger partial charge >= 0.3 is 29.6 Å². The molecule has 0 bridgehead atoms. The number of anilines is 1. The van der Waals surface area contributed by atoms with Gasteiger partial charge in [-0.25, -0.2) is 0 Å². The van der Waals surface area contributed by atoms with E-state index in [0.717, 1.165) is 0 Å². The van der Waals surface area contributed by atoms with Crippen molar-refractivity contribution in [2.45, 2.75) is 25.2 Å². The van der Waals surface area contributed by atoms with Crippen LogP contribution in [-0.4, -0.2) is 25.5 Å². The Morgan fingerprint density at radius 1 is 1.05 bits per heavy atom. The van der Waals surface area contributed by atoms with Gasteiger partial charge in [-0.2, -0.15) is 18.6 Å². The molecule has 0 saturated carbocycles. The van der Waals surface area contributed by atoms with Gasteiger partial charge in [0, 0.05) is 33.3 Å². The largest absolute Gasteiger partial charge is 1.00 e. The van der Waals surface area contributed by atoms with Crippen LogP contribution in [0.25, 0.3) is 10.8 Å². The van der Waals surface area contributed by atoms with E-state index >= 15 is 0 Å². The third-order valence-corrected chi connectivity index (χ3v) is 7.34. The van der Waals surface area contributed by atoms with Gasteiger partial charge in [0.05, 0.1) is 23.0 Å². The van der Waals surface area contributed by atoms with Crippen LogP contribution in [0.1, 0.15) is 29.8 Å². The van der Waals surface area contributed by atoms with Crippen molar-refractivity contribution in [3.63, 3.8) is 0 Å². The van der Waals surface area contributed by atoms with Crippen LogP contribution in [0.5, 0.6) is 11.5 Å². The van der Waals surface area contributed by atoms with E-state index < -0.39 is 26.7 Å². The van der Waals surface area contributed by atoms with Crippen LogP contribution in [0, 0.1) is 0 Å². The summed E-state index contributed by atoms with van der Waals surface area (Å²) in [4.78, 5) is 12.7. The predicted octanol–water partition coefficient (Wildman–Crippen LogP) is 4.10. The van der Waals surface area contributed by atoms with Crippen molar-refractivity contribution in [3.05, 3.63) is 81.8 Å². The minimum Gasteiger partial charge on any atom is -0.870 e. The van der Waals surface area contributed by atoms with Gasteiger partial charge in [-0.1, -0.05) is 60.1 Å². The van der Waals surface area contributed by atoms with Crippen LogP contribution in [0.4, 0.5) is 17.1 Å². The molecule has 2 N–H and O–H groups in total. The molecule has 0 saturated heterocycles. The second kappa shape index (κ2) is 13.3. The van der Waals surface area contributed by atoms with Crippen molar-refractivity contribution in [1.82, 2.24) is 0 Å². The molecule has 0 fully saturated rings. The van der Waals surface area contributed by atoms with Gasteiger partial charge in [0.25, 0.3) is 16.0 Å². The Morgan fingerprint density at radius 2 is 1.77 bits per heavy atom. The molecule has 0 atom stereocenters. The number of carbonyl (C=O) groups excluding carboxylic acids is 1. The van der Waals surface area contributed by atoms with E-state index in [0.29, 0.717) is 33.8 Å². The molecule has 40 heavy (non-hydrogen) atoms. The minimum atomic E-state index is -4.65. The van der Waals surface area contributed by atoms with Gasteiger partial charge in [0.1, 0.15) is 10.6 Å². The molecule has 0 aliphatic rings. The third-order valence-electron chi connectivity index (χ3n) is 5.72. The topological polar surface area (TPSA) is 140 Å². The summed E-state index contributed by atoms with van der Waals surface area (Å²) in [6.07, 6.45) is 0.154. The quantitative estimate of drug-likeness (QED) is 0.175. The van der Waals surface area contributed by atoms with E-state index in [2.05, 4.69) is 15.5 Å². The van der Waals surface area contributed by atoms with Gasteiger partial charge in [-0.3, -0.25) is 9.35 Å². The molecule has 0 aliphatic carbocycles. The molecule has 0 aromatic heterocycles. The molecule has 4 aromatic carbocycles. The maximum absolute atomic E-state index is 13.5. The van der Waals surface area contributed by atoms with E-state index in [1.807, 2.05) is 6.92 Å². The fourth-order valence-electron chi connectivity index (χ4n) is 4.07. The van der Waals surface area contributed by atoms with Crippen molar-refractivity contribution >= 4 is 67.1 Å². The van der Waals surface area contributed by atoms with Gasteiger partial charge in [-0.05, 0) is 49.1 Å². The predicted molar refractivity (Wildman–Crippen MR) is 149 cm³/mol. The number of nitrogens with one attached hydrogen (secondary N) is 1. The first-order valence-corrected chi connectivity index (χ1v) is 13.9. The van der Waals surface area contributed by atoms with Crippen LogP contribution >= 0.6 is 23.2 Å². The summed E-state index contributed by atoms with van der Waals surface area (Å²) in [5.41, 5.74) is 0.245. The molecule has 0 aliphatic heterocycles. The van der Waals surface area contributed by atoms with Crippen LogP contribution < -0.4 is 44.7 Å². The number of hydrogen-bond donors (Lipinski definition) is 2. The second-order valence-electron chi connectivity index (χ2n) is 8.29. The molecular formula is C27H22Cl2N3NaO6S. The normalized spacial score (nSPS) is 11.4. The summed E-state index contributed by atoms with van der Waals surface area (Å²) in [6.45, 7) is 3.87. The smallest absolute Gasteiger partial charge is 0.870 e. The Labute approximate surface area is 263 Å². The Hall–Kier alpha value is -2.70. The van der Waals surface area contributed by atoms with E-state index in [4.69, 9.17) is 27.9 Å². The zero-order chi connectivity index (χ0) is 28.3. The zero-order valence-electron chi connectivity index (χ0n) is 21.7. The summed E-state index contributed by atoms with van der Waals surface area (Å²) in [5, 5.41) is 25.6. The fourth-order valence-corrected chi connectivity index (χ4v) is 5.64. The van der Waals surface area contributed by atoms with Crippen LogP contribution in [0.2, 0.25) is 10.0 Å². The Kier molecular flexibility index (Phi) is 10.6. The number of azo groups is 1. The van der Waals surface area contributed by atoms with Crippen molar-refractivity contribution in [1.29, 1.82) is 0 Å². The van der Waals surface area contributed by atoms with Gasteiger partial charge in [-0.15, -0.1) is 0 Å². The number of ether oxygens (including phenoxy) is 1. The molecule has 4 aromatic rings. The van der Waals surface area contributed by atoms with E-state index in [9.17, 15) is 22.9 Å². The zero-order valence-corrected chi connectivity index (χ0v) is 26.1. The minimum absolute atomic E-state index is 0. The average Bonchev–Trinajstić information content (AvgIpc) is 2.87. The summed E-state index contributed by atoms with van der Waals surface area (Å²) in [6, 6.07) is 15.7. The molecule has 0 heterocycles. The second-order valence-corrected chi connectivity index (χ2v) is 10.5. The number of halogens is 2. The molecular weight excluding hydrogens is 588 g/mol. The van der Waals surface area contributed by atoms with E-state index in [-0.39, 0.29) is 63.5 Å². The number of rotatable bonds is 8. The third kappa shape index (κ3) is 6.95. The standard InChI is InChI=1S/C27H23Cl2N3O6S.Na/c1-3-19-23(10-9-22(29)26(19)39(35,36)37)31-32-24-20-8-6-5-7-15(20)11-21(25(24)33)27(34)30-17-12-16(28)13-18(14-17)38-4-2;/h5-14,33H,3-4H2,1-2H3,(H,30,34)(H,35,36,37);/q;+1/p-1. The van der Waals surface area contributed by atoms with Crippen molar-refractivity contribution in [2.24, 2.45) is 10.2 Å². The van der Waals surface area contributed by atoms with Crippen molar-refractivity contribution < 1.29 is 57.2 Å². The molecule has 0 radical (unpaired) electrons. The van der Waals surface area contributed by atoms with Crippen LogP contribution in [0.15, 0.2) is 75.8 Å². The maximum atomic E-state index is 13.5. The van der Waals surface area contributed by atoms with Crippen molar-refractivity contribution in [2.75, 3.05) is 11.9 Å². The van der Waals surface area contributed by atoms with Crippen LogP contribution in [-0.2, 0) is 16.5 Å². The van der Waals surface area contributed by atoms with Gasteiger partial charge in [0.15, 0.2) is 0 Å². The number of fused-ring (bicyclic) bond motifs is 1. The molecule has 9 nitrogen and oxygen atoms in total. The molecule has 202 valence electrons. The number of amides is 1. The average molecular weight is 610 g/mol. The molecule has 1 amide bonds. The first-order chi connectivity index (χ1) is 18.5. The number of carbonyl (C=O) groups is 1. The van der Waals surface area contributed by atoms with E-state index in [1.165, 1.54) is 24.3 Å². The van der Waals surface area contributed by atoms with Gasteiger partial charge < -0.3 is 15.2 Å². The number of hydrogen-bond acceptors (Lipinski definition) is 7. The first-order valence-electron chi connectivity index (χ1n) is 11.7. The first kappa shape index (κ1) is 31.8. The number of benzene rings is 4. The maximum Gasteiger partial charge on any atom is 1.00 e. The van der Waals surface area contributed by atoms with Gasteiger partial charge in [0.2, 0.25) is 0 Å². The SMILES string of the molecule is CCOc1cc(Cl)cc(NC(=O)c2cc3ccccc3c(N=Nc3ccc(Cl)c(S(=O)(=O)O)c3CC)c2[O-])c1.[Na+]. The Bertz CT molecular complexity index is 1730.